The maximum Gasteiger partial charge on any atom is 0.417 e. The molecule has 6 nitrogen and oxygen atoms in total. The highest BCUT2D eigenvalue weighted by Crippen LogP contribution is 2.19. The lowest BCUT2D eigenvalue weighted by atomic mass is 10.1. The Labute approximate surface area is 93.8 Å². The first kappa shape index (κ1) is 12.4. The second kappa shape index (κ2) is 5.39. The van der Waals surface area contributed by atoms with Gasteiger partial charge in [0.15, 0.2) is 6.10 Å². The second-order valence-electron chi connectivity index (χ2n) is 3.49. The summed E-state index contributed by atoms with van der Waals surface area (Å²) in [5.74, 6) is -0.410. The molecule has 1 atom stereocenters. The molecule has 16 heavy (non-hydrogen) atoms. The molecule has 0 N–H and O–H groups in total. The van der Waals surface area contributed by atoms with E-state index in [0.29, 0.717) is 12.8 Å². The molecule has 0 fully saturated rings. The topological polar surface area (TPSA) is 65.1 Å². The lowest BCUT2D eigenvalue weighted by Crippen LogP contribution is -2.30. The molecule has 1 amide bonds. The number of allylic oxidation sites excluding steroid dienone is 1. The first-order chi connectivity index (χ1) is 7.54. The number of ether oxygens (including phenoxy) is 3. The van der Waals surface area contributed by atoms with E-state index in [0.717, 1.165) is 0 Å². The van der Waals surface area contributed by atoms with Crippen molar-refractivity contribution in [3.05, 3.63) is 12.0 Å². The molecule has 0 radical (unpaired) electrons. The summed E-state index contributed by atoms with van der Waals surface area (Å²) in [6.07, 6.45) is 1.52. The predicted octanol–water partition coefficient (Wildman–Crippen LogP) is 0.878. The molecule has 0 aromatic heterocycles. The van der Waals surface area contributed by atoms with Gasteiger partial charge in [0.1, 0.15) is 0 Å². The Morgan fingerprint density at radius 1 is 1.50 bits per heavy atom. The molecule has 0 aliphatic carbocycles. The predicted molar refractivity (Wildman–Crippen MR) is 54.4 cm³/mol. The number of nitrogens with zero attached hydrogens (tertiary/aromatic N) is 1. The van der Waals surface area contributed by atoms with Crippen molar-refractivity contribution in [2.24, 2.45) is 0 Å². The third-order valence-electron chi connectivity index (χ3n) is 2.02. The molecule has 1 aliphatic rings. The molecular weight excluding hydrogens is 214 g/mol. The molecule has 0 saturated heterocycles. The van der Waals surface area contributed by atoms with E-state index in [-0.39, 0.29) is 5.95 Å². The van der Waals surface area contributed by atoms with Gasteiger partial charge in [0, 0.05) is 14.1 Å². The summed E-state index contributed by atoms with van der Waals surface area (Å²) in [6.45, 7) is 0. The van der Waals surface area contributed by atoms with Crippen molar-refractivity contribution >= 4 is 12.1 Å². The fraction of sp³-hybridized carbons (Fsp3) is 0.600. The molecule has 0 aromatic rings. The molecule has 1 rings (SSSR count). The van der Waals surface area contributed by atoms with Gasteiger partial charge in [-0.3, -0.25) is 0 Å². The Hall–Kier alpha value is -1.72. The minimum absolute atomic E-state index is 0.0559. The van der Waals surface area contributed by atoms with E-state index >= 15 is 0 Å². The van der Waals surface area contributed by atoms with Crippen LogP contribution in [0.4, 0.5) is 4.79 Å². The van der Waals surface area contributed by atoms with Crippen LogP contribution in [-0.4, -0.2) is 44.3 Å². The number of hydrogen-bond donors (Lipinski definition) is 0. The summed E-state index contributed by atoms with van der Waals surface area (Å²) in [5, 5.41) is 0. The highest BCUT2D eigenvalue weighted by atomic mass is 16.7. The highest BCUT2D eigenvalue weighted by Gasteiger charge is 2.26. The summed E-state index contributed by atoms with van der Waals surface area (Å²) in [5.41, 5.74) is 0. The molecule has 1 heterocycles. The van der Waals surface area contributed by atoms with Gasteiger partial charge in [-0.2, -0.15) is 0 Å². The zero-order chi connectivity index (χ0) is 12.1. The second-order valence-corrected chi connectivity index (χ2v) is 3.49. The van der Waals surface area contributed by atoms with Crippen molar-refractivity contribution < 1.29 is 23.8 Å². The number of rotatable bonds is 2. The van der Waals surface area contributed by atoms with Crippen molar-refractivity contribution in [3.8, 4) is 0 Å². The SMILES string of the molecule is COC(=O)C1CCC=C(OC(=O)N(C)C)O1. The molecule has 6 heteroatoms. The lowest BCUT2D eigenvalue weighted by Gasteiger charge is -2.22. The standard InChI is InChI=1S/C10H15NO5/c1-11(2)10(13)16-8-6-4-5-7(15-8)9(12)14-3/h6-7H,4-5H2,1-3H3. The van der Waals surface area contributed by atoms with E-state index in [2.05, 4.69) is 4.74 Å². The smallest absolute Gasteiger partial charge is 0.417 e. The van der Waals surface area contributed by atoms with E-state index < -0.39 is 18.2 Å². The van der Waals surface area contributed by atoms with Crippen molar-refractivity contribution in [1.29, 1.82) is 0 Å². The first-order valence-corrected chi connectivity index (χ1v) is 4.88. The van der Waals surface area contributed by atoms with Crippen molar-refractivity contribution in [1.82, 2.24) is 4.90 Å². The van der Waals surface area contributed by atoms with Gasteiger partial charge in [-0.15, -0.1) is 0 Å². The minimum Gasteiger partial charge on any atom is -0.466 e. The Kier molecular flexibility index (Phi) is 4.16. The molecule has 1 aliphatic heterocycles. The fourth-order valence-electron chi connectivity index (χ4n) is 1.14. The van der Waals surface area contributed by atoms with Crippen LogP contribution in [0.5, 0.6) is 0 Å². The number of amides is 1. The molecule has 0 saturated carbocycles. The third kappa shape index (κ3) is 3.15. The summed E-state index contributed by atoms with van der Waals surface area (Å²) in [7, 11) is 4.41. The average molecular weight is 229 g/mol. The number of carbonyl (C=O) groups is 2. The highest BCUT2D eigenvalue weighted by molar-refractivity contribution is 5.75. The Morgan fingerprint density at radius 2 is 2.19 bits per heavy atom. The average Bonchev–Trinajstić information content (AvgIpc) is 2.28. The quantitative estimate of drug-likeness (QED) is 0.657. The van der Waals surface area contributed by atoms with Crippen LogP contribution in [0.25, 0.3) is 0 Å². The van der Waals surface area contributed by atoms with Gasteiger partial charge >= 0.3 is 12.1 Å². The number of esters is 1. The van der Waals surface area contributed by atoms with Gasteiger partial charge in [0.25, 0.3) is 5.95 Å². The minimum atomic E-state index is -0.694. The summed E-state index contributed by atoms with van der Waals surface area (Å²) in [4.78, 5) is 23.7. The van der Waals surface area contributed by atoms with Crippen LogP contribution in [0, 0.1) is 0 Å². The molecule has 0 aromatic carbocycles. The van der Waals surface area contributed by atoms with E-state index in [1.165, 1.54) is 12.0 Å². The normalized spacial score (nSPS) is 19.2. The van der Waals surface area contributed by atoms with Gasteiger partial charge < -0.3 is 19.1 Å². The van der Waals surface area contributed by atoms with Gasteiger partial charge in [0.05, 0.1) is 7.11 Å². The molecule has 1 unspecified atom stereocenters. The van der Waals surface area contributed by atoms with Crippen molar-refractivity contribution in [2.45, 2.75) is 18.9 Å². The molecule has 0 bridgehead atoms. The molecule has 90 valence electrons. The van der Waals surface area contributed by atoms with Crippen molar-refractivity contribution in [2.75, 3.05) is 21.2 Å². The van der Waals surface area contributed by atoms with Gasteiger partial charge in [0.2, 0.25) is 0 Å². The van der Waals surface area contributed by atoms with Crippen LogP contribution in [0.2, 0.25) is 0 Å². The first-order valence-electron chi connectivity index (χ1n) is 4.88. The monoisotopic (exact) mass is 229 g/mol. The van der Waals surface area contributed by atoms with E-state index in [1.807, 2.05) is 0 Å². The number of hydrogen-bond acceptors (Lipinski definition) is 5. The third-order valence-corrected chi connectivity index (χ3v) is 2.02. The van der Waals surface area contributed by atoms with E-state index in [9.17, 15) is 9.59 Å². The largest absolute Gasteiger partial charge is 0.466 e. The molecule has 0 spiro atoms. The van der Waals surface area contributed by atoms with Gasteiger partial charge in [-0.05, 0) is 18.9 Å². The maximum atomic E-state index is 11.2. The number of carbonyl (C=O) groups excluding carboxylic acids is 2. The van der Waals surface area contributed by atoms with Crippen LogP contribution >= 0.6 is 0 Å². The van der Waals surface area contributed by atoms with Crippen LogP contribution in [-0.2, 0) is 19.0 Å². The maximum absolute atomic E-state index is 11.2. The van der Waals surface area contributed by atoms with Crippen LogP contribution in [0.15, 0.2) is 12.0 Å². The van der Waals surface area contributed by atoms with Crippen LogP contribution in [0.3, 0.4) is 0 Å². The fourth-order valence-corrected chi connectivity index (χ4v) is 1.14. The van der Waals surface area contributed by atoms with Crippen molar-refractivity contribution in [3.63, 3.8) is 0 Å². The van der Waals surface area contributed by atoms with E-state index in [4.69, 9.17) is 9.47 Å². The summed E-state index contributed by atoms with van der Waals surface area (Å²) < 4.78 is 14.6. The summed E-state index contributed by atoms with van der Waals surface area (Å²) >= 11 is 0. The lowest BCUT2D eigenvalue weighted by molar-refractivity contribution is -0.155. The zero-order valence-corrected chi connectivity index (χ0v) is 9.56. The zero-order valence-electron chi connectivity index (χ0n) is 9.56. The van der Waals surface area contributed by atoms with Crippen LogP contribution < -0.4 is 0 Å². The number of methoxy groups -OCH3 is 1. The molecular formula is C10H15NO5. The van der Waals surface area contributed by atoms with E-state index in [1.54, 1.807) is 20.2 Å². The van der Waals surface area contributed by atoms with Gasteiger partial charge in [-0.25, -0.2) is 9.59 Å². The Balaban J connectivity index is 2.53. The van der Waals surface area contributed by atoms with Gasteiger partial charge in [-0.1, -0.05) is 0 Å². The Morgan fingerprint density at radius 3 is 2.75 bits per heavy atom. The van der Waals surface area contributed by atoms with Crippen LogP contribution in [0.1, 0.15) is 12.8 Å². The summed E-state index contributed by atoms with van der Waals surface area (Å²) in [6, 6.07) is 0. The Bertz CT molecular complexity index is 310.